The second-order valence-corrected chi connectivity index (χ2v) is 4.60. The van der Waals surface area contributed by atoms with Crippen LogP contribution in [-0.4, -0.2) is 16.0 Å². The van der Waals surface area contributed by atoms with E-state index >= 15 is 0 Å². The van der Waals surface area contributed by atoms with Gasteiger partial charge in [-0.05, 0) is 36.7 Å². The molecule has 0 saturated carbocycles. The number of aryl methyl sites for hydroxylation is 1. The molecule has 2 heterocycles. The molecule has 2 aromatic heterocycles. The Kier molecular flexibility index (Phi) is 3.45. The van der Waals surface area contributed by atoms with Crippen molar-refractivity contribution in [1.29, 1.82) is 0 Å². The van der Waals surface area contributed by atoms with Gasteiger partial charge in [-0.1, -0.05) is 17.3 Å². The number of anilines is 1. The van der Waals surface area contributed by atoms with Crippen LogP contribution in [0.3, 0.4) is 0 Å². The molecule has 0 aliphatic carbocycles. The number of carbonyl (C=O) groups excluding carboxylic acids is 1. The molecule has 1 N–H and O–H groups in total. The molecule has 0 unspecified atom stereocenters. The molecule has 0 atom stereocenters. The summed E-state index contributed by atoms with van der Waals surface area (Å²) in [5, 5.41) is 6.53. The highest BCUT2D eigenvalue weighted by Gasteiger charge is 2.17. The van der Waals surface area contributed by atoms with Crippen molar-refractivity contribution in [3.05, 3.63) is 53.2 Å². The van der Waals surface area contributed by atoms with Crippen LogP contribution in [0.4, 0.5) is 5.69 Å². The molecule has 0 saturated heterocycles. The lowest BCUT2D eigenvalue weighted by Gasteiger charge is -2.07. The van der Waals surface area contributed by atoms with Crippen LogP contribution in [0.5, 0.6) is 0 Å². The fourth-order valence-electron chi connectivity index (χ4n) is 1.83. The van der Waals surface area contributed by atoms with Crippen LogP contribution in [0.15, 0.2) is 45.5 Å². The Morgan fingerprint density at radius 3 is 2.76 bits per heavy atom. The molecule has 0 fully saturated rings. The van der Waals surface area contributed by atoms with E-state index in [-0.39, 0.29) is 16.7 Å². The maximum atomic E-state index is 12.2. The molecular weight excluding hydrogens is 294 g/mol. The number of nitrogens with zero attached hydrogens (tertiary/aromatic N) is 2. The van der Waals surface area contributed by atoms with Crippen LogP contribution >= 0.6 is 11.6 Å². The lowest BCUT2D eigenvalue weighted by atomic mass is 10.1. The van der Waals surface area contributed by atoms with E-state index in [9.17, 15) is 4.79 Å². The van der Waals surface area contributed by atoms with E-state index in [0.29, 0.717) is 23.0 Å². The second-order valence-electron chi connectivity index (χ2n) is 4.25. The van der Waals surface area contributed by atoms with E-state index in [1.165, 1.54) is 12.3 Å². The topological polar surface area (TPSA) is 81.2 Å². The summed E-state index contributed by atoms with van der Waals surface area (Å²) in [6, 6.07) is 8.62. The molecule has 3 aromatic rings. The Bertz CT molecular complexity index is 794. The number of nitrogens with one attached hydrogen (secondary N) is 1. The van der Waals surface area contributed by atoms with E-state index in [2.05, 4.69) is 15.5 Å². The third-order valence-electron chi connectivity index (χ3n) is 2.80. The van der Waals surface area contributed by atoms with Gasteiger partial charge in [0.1, 0.15) is 0 Å². The van der Waals surface area contributed by atoms with Gasteiger partial charge in [0.15, 0.2) is 5.82 Å². The lowest BCUT2D eigenvalue weighted by molar-refractivity contribution is 0.102. The number of halogens is 1. The van der Waals surface area contributed by atoms with Crippen LogP contribution in [0.25, 0.3) is 11.5 Å². The minimum Gasteiger partial charge on any atom is -0.452 e. The summed E-state index contributed by atoms with van der Waals surface area (Å²) in [6.45, 7) is 1.72. The highest BCUT2D eigenvalue weighted by Crippen LogP contribution is 2.27. The smallest absolute Gasteiger partial charge is 0.260 e. The van der Waals surface area contributed by atoms with Gasteiger partial charge in [0.05, 0.1) is 23.1 Å². The van der Waals surface area contributed by atoms with Crippen molar-refractivity contribution in [2.24, 2.45) is 0 Å². The number of hydrogen-bond acceptors (Lipinski definition) is 5. The first-order chi connectivity index (χ1) is 10.1. The minimum absolute atomic E-state index is 0.0404. The van der Waals surface area contributed by atoms with Crippen molar-refractivity contribution in [3.63, 3.8) is 0 Å². The third-order valence-corrected chi connectivity index (χ3v) is 3.09. The van der Waals surface area contributed by atoms with Crippen molar-refractivity contribution in [2.45, 2.75) is 6.92 Å². The van der Waals surface area contributed by atoms with Crippen molar-refractivity contribution in [1.82, 2.24) is 10.1 Å². The van der Waals surface area contributed by atoms with Gasteiger partial charge in [-0.2, -0.15) is 4.98 Å². The van der Waals surface area contributed by atoms with E-state index in [4.69, 9.17) is 20.5 Å². The quantitative estimate of drug-likeness (QED) is 0.800. The zero-order valence-electron chi connectivity index (χ0n) is 11.0. The standard InChI is InChI=1S/C14H10ClN3O3/c1-8-16-14(21-18-8)9-4-2-3-5-11(9)17-13(19)10-6-7-20-12(10)15/h2-7H,1H3,(H,17,19). The molecule has 1 aromatic carbocycles. The Morgan fingerprint density at radius 1 is 1.29 bits per heavy atom. The van der Waals surface area contributed by atoms with Crippen LogP contribution < -0.4 is 5.32 Å². The molecule has 0 aliphatic rings. The van der Waals surface area contributed by atoms with Crippen LogP contribution in [0, 0.1) is 6.92 Å². The Balaban J connectivity index is 1.93. The Hall–Kier alpha value is -2.60. The molecular formula is C14H10ClN3O3. The largest absolute Gasteiger partial charge is 0.452 e. The summed E-state index contributed by atoms with van der Waals surface area (Å²) in [7, 11) is 0. The van der Waals surface area contributed by atoms with Gasteiger partial charge in [0.2, 0.25) is 5.22 Å². The fourth-order valence-corrected chi connectivity index (χ4v) is 2.03. The summed E-state index contributed by atoms with van der Waals surface area (Å²) in [5.74, 6) is 0.475. The summed E-state index contributed by atoms with van der Waals surface area (Å²) >= 11 is 5.79. The number of benzene rings is 1. The third kappa shape index (κ3) is 2.66. The molecule has 3 rings (SSSR count). The van der Waals surface area contributed by atoms with Crippen LogP contribution in [-0.2, 0) is 0 Å². The SMILES string of the molecule is Cc1noc(-c2ccccc2NC(=O)c2ccoc2Cl)n1. The van der Waals surface area contributed by atoms with Crippen molar-refractivity contribution >= 4 is 23.2 Å². The van der Waals surface area contributed by atoms with Crippen LogP contribution in [0.2, 0.25) is 5.22 Å². The first kappa shape index (κ1) is 13.4. The van der Waals surface area contributed by atoms with Gasteiger partial charge in [0, 0.05) is 0 Å². The number of aromatic nitrogens is 2. The van der Waals surface area contributed by atoms with Crippen molar-refractivity contribution < 1.29 is 13.7 Å². The summed E-state index contributed by atoms with van der Waals surface area (Å²) in [5.41, 5.74) is 1.43. The first-order valence-corrected chi connectivity index (χ1v) is 6.47. The monoisotopic (exact) mass is 303 g/mol. The Morgan fingerprint density at radius 2 is 2.10 bits per heavy atom. The van der Waals surface area contributed by atoms with Gasteiger partial charge in [0.25, 0.3) is 11.8 Å². The lowest BCUT2D eigenvalue weighted by Crippen LogP contribution is -2.12. The summed E-state index contributed by atoms with van der Waals surface area (Å²) in [4.78, 5) is 16.3. The summed E-state index contributed by atoms with van der Waals surface area (Å²) in [6.07, 6.45) is 1.35. The van der Waals surface area contributed by atoms with E-state index in [0.717, 1.165) is 0 Å². The maximum absolute atomic E-state index is 12.2. The van der Waals surface area contributed by atoms with Crippen molar-refractivity contribution in [3.8, 4) is 11.5 Å². The predicted molar refractivity (Wildman–Crippen MR) is 76.1 cm³/mol. The average molecular weight is 304 g/mol. The number of carbonyl (C=O) groups is 1. The van der Waals surface area contributed by atoms with Crippen LogP contribution in [0.1, 0.15) is 16.2 Å². The molecule has 6 nitrogen and oxygen atoms in total. The number of rotatable bonds is 3. The molecule has 7 heteroatoms. The number of amides is 1. The zero-order valence-corrected chi connectivity index (χ0v) is 11.7. The van der Waals surface area contributed by atoms with Gasteiger partial charge in [-0.15, -0.1) is 0 Å². The number of para-hydroxylation sites is 1. The average Bonchev–Trinajstić information content (AvgIpc) is 3.08. The van der Waals surface area contributed by atoms with Gasteiger partial charge >= 0.3 is 0 Å². The Labute approximate surface area is 124 Å². The molecule has 0 aliphatic heterocycles. The first-order valence-electron chi connectivity index (χ1n) is 6.09. The highest BCUT2D eigenvalue weighted by atomic mass is 35.5. The van der Waals surface area contributed by atoms with E-state index < -0.39 is 0 Å². The summed E-state index contributed by atoms with van der Waals surface area (Å²) < 4.78 is 10.0. The molecule has 106 valence electrons. The van der Waals surface area contributed by atoms with E-state index in [1.54, 1.807) is 25.1 Å². The second kappa shape index (κ2) is 5.41. The maximum Gasteiger partial charge on any atom is 0.260 e. The molecule has 0 radical (unpaired) electrons. The van der Waals surface area contributed by atoms with Gasteiger partial charge in [-0.25, -0.2) is 0 Å². The minimum atomic E-state index is -0.377. The predicted octanol–water partition coefficient (Wildman–Crippen LogP) is 3.54. The molecule has 0 bridgehead atoms. The fraction of sp³-hybridized carbons (Fsp3) is 0.0714. The van der Waals surface area contributed by atoms with E-state index in [1.807, 2.05) is 6.07 Å². The van der Waals surface area contributed by atoms with Gasteiger partial charge < -0.3 is 14.3 Å². The molecule has 21 heavy (non-hydrogen) atoms. The number of hydrogen-bond donors (Lipinski definition) is 1. The number of furan rings is 1. The normalized spacial score (nSPS) is 10.6. The van der Waals surface area contributed by atoms with Crippen molar-refractivity contribution in [2.75, 3.05) is 5.32 Å². The highest BCUT2D eigenvalue weighted by molar-refractivity contribution is 6.32. The zero-order chi connectivity index (χ0) is 14.8. The molecule has 1 amide bonds. The van der Waals surface area contributed by atoms with Gasteiger partial charge in [-0.3, -0.25) is 4.79 Å². The molecule has 0 spiro atoms.